The Morgan fingerprint density at radius 2 is 1.94 bits per heavy atom. The van der Waals surface area contributed by atoms with E-state index in [9.17, 15) is 13.2 Å². The van der Waals surface area contributed by atoms with Crippen LogP contribution >= 0.6 is 0 Å². The maximum absolute atomic E-state index is 13.1. The highest BCUT2D eigenvalue weighted by atomic mass is 19.4. The molecule has 17 heavy (non-hydrogen) atoms. The molecule has 1 fully saturated rings. The third-order valence-electron chi connectivity index (χ3n) is 3.48. The monoisotopic (exact) mass is 244 g/mol. The molecule has 0 aliphatic carbocycles. The van der Waals surface area contributed by atoms with E-state index < -0.39 is 11.6 Å². The Balaban J connectivity index is 2.03. The van der Waals surface area contributed by atoms with E-state index in [0.717, 1.165) is 5.56 Å². The van der Waals surface area contributed by atoms with E-state index in [1.54, 1.807) is 12.1 Å². The molecule has 3 rings (SSSR count). The van der Waals surface area contributed by atoms with Crippen LogP contribution in [0.1, 0.15) is 11.1 Å². The molecule has 0 saturated carbocycles. The molecule has 0 bridgehead atoms. The van der Waals surface area contributed by atoms with E-state index in [-0.39, 0.29) is 13.2 Å². The van der Waals surface area contributed by atoms with Gasteiger partial charge in [-0.25, -0.2) is 0 Å². The lowest BCUT2D eigenvalue weighted by Crippen LogP contribution is -2.57. The second-order valence-electron chi connectivity index (χ2n) is 4.49. The summed E-state index contributed by atoms with van der Waals surface area (Å²) < 4.78 is 49.3. The van der Waals surface area contributed by atoms with Crippen LogP contribution in [0.15, 0.2) is 18.2 Å². The van der Waals surface area contributed by atoms with Crippen LogP contribution < -0.4 is 4.74 Å². The van der Waals surface area contributed by atoms with E-state index in [0.29, 0.717) is 24.3 Å². The molecule has 92 valence electrons. The first kappa shape index (κ1) is 10.9. The van der Waals surface area contributed by atoms with Crippen LogP contribution in [0.25, 0.3) is 0 Å². The van der Waals surface area contributed by atoms with E-state index in [4.69, 9.17) is 9.47 Å². The van der Waals surface area contributed by atoms with Crippen molar-refractivity contribution in [2.75, 3.05) is 19.8 Å². The second-order valence-corrected chi connectivity index (χ2v) is 4.49. The van der Waals surface area contributed by atoms with Crippen LogP contribution in [-0.2, 0) is 16.6 Å². The molecule has 0 aromatic heterocycles. The van der Waals surface area contributed by atoms with Crippen molar-refractivity contribution in [2.45, 2.75) is 18.0 Å². The molecular weight excluding hydrogens is 233 g/mol. The molecule has 0 unspecified atom stereocenters. The molecule has 0 spiro atoms. The van der Waals surface area contributed by atoms with Gasteiger partial charge in [-0.15, -0.1) is 0 Å². The normalized spacial score (nSPS) is 21.6. The molecule has 2 aliphatic rings. The lowest BCUT2D eigenvalue weighted by molar-refractivity contribution is -0.262. The first-order valence-electron chi connectivity index (χ1n) is 5.44. The minimum atomic E-state index is -4.26. The summed E-state index contributed by atoms with van der Waals surface area (Å²) in [7, 11) is 0. The fourth-order valence-corrected chi connectivity index (χ4v) is 2.28. The summed E-state index contributed by atoms with van der Waals surface area (Å²) in [6.07, 6.45) is -3.59. The van der Waals surface area contributed by atoms with Crippen LogP contribution in [0.2, 0.25) is 0 Å². The Bertz CT molecular complexity index is 450. The fourth-order valence-electron chi connectivity index (χ4n) is 2.28. The van der Waals surface area contributed by atoms with Crippen molar-refractivity contribution in [3.8, 4) is 5.75 Å². The largest absolute Gasteiger partial charge is 0.493 e. The molecule has 0 amide bonds. The second kappa shape index (κ2) is 3.38. The number of rotatable bonds is 1. The molecule has 2 aliphatic heterocycles. The summed E-state index contributed by atoms with van der Waals surface area (Å²) >= 11 is 0. The van der Waals surface area contributed by atoms with Gasteiger partial charge in [0, 0.05) is 6.42 Å². The Morgan fingerprint density at radius 3 is 2.53 bits per heavy atom. The van der Waals surface area contributed by atoms with Gasteiger partial charge >= 0.3 is 6.18 Å². The van der Waals surface area contributed by atoms with E-state index in [1.807, 2.05) is 0 Å². The molecule has 1 aromatic carbocycles. The number of hydrogen-bond donors (Lipinski definition) is 0. The summed E-state index contributed by atoms with van der Waals surface area (Å²) in [5.74, 6) is 0.700. The molecule has 1 saturated heterocycles. The Labute approximate surface area is 96.3 Å². The summed E-state index contributed by atoms with van der Waals surface area (Å²) in [5, 5.41) is 0. The first-order chi connectivity index (χ1) is 8.03. The third kappa shape index (κ3) is 1.45. The van der Waals surface area contributed by atoms with Crippen molar-refractivity contribution in [1.82, 2.24) is 0 Å². The van der Waals surface area contributed by atoms with Crippen molar-refractivity contribution in [3.63, 3.8) is 0 Å². The number of ether oxygens (including phenoxy) is 2. The SMILES string of the molecule is FC(F)(F)C1(c2ccc3c(c2)CCO3)COC1. The standard InChI is InChI=1S/C12H11F3O2/c13-12(14,15)11(6-16-7-11)9-1-2-10-8(5-9)3-4-17-10/h1-2,5H,3-4,6-7H2. The number of halogens is 3. The van der Waals surface area contributed by atoms with Crippen LogP contribution in [0.5, 0.6) is 5.75 Å². The Hall–Kier alpha value is -1.23. The maximum atomic E-state index is 13.1. The molecule has 5 heteroatoms. The molecule has 0 N–H and O–H groups in total. The molecule has 1 aromatic rings. The summed E-state index contributed by atoms with van der Waals surface area (Å²) in [5.41, 5.74) is -0.663. The van der Waals surface area contributed by atoms with Gasteiger partial charge in [0.1, 0.15) is 11.2 Å². The summed E-state index contributed by atoms with van der Waals surface area (Å²) in [4.78, 5) is 0. The lowest BCUT2D eigenvalue weighted by atomic mass is 9.77. The van der Waals surface area contributed by atoms with E-state index in [1.165, 1.54) is 6.07 Å². The van der Waals surface area contributed by atoms with Crippen molar-refractivity contribution in [2.24, 2.45) is 0 Å². The highest BCUT2D eigenvalue weighted by Gasteiger charge is 2.61. The minimum Gasteiger partial charge on any atom is -0.493 e. The lowest BCUT2D eigenvalue weighted by Gasteiger charge is -2.43. The number of benzene rings is 1. The third-order valence-corrected chi connectivity index (χ3v) is 3.48. The average Bonchev–Trinajstić information content (AvgIpc) is 2.60. The highest BCUT2D eigenvalue weighted by Crippen LogP contribution is 2.47. The van der Waals surface area contributed by atoms with Gasteiger partial charge in [0.25, 0.3) is 0 Å². The molecule has 0 atom stereocenters. The van der Waals surface area contributed by atoms with Crippen molar-refractivity contribution < 1.29 is 22.6 Å². The van der Waals surface area contributed by atoms with Gasteiger partial charge in [-0.2, -0.15) is 13.2 Å². The quantitative estimate of drug-likeness (QED) is 0.755. The number of fused-ring (bicyclic) bond motifs is 1. The van der Waals surface area contributed by atoms with Crippen LogP contribution in [0.4, 0.5) is 13.2 Å². The van der Waals surface area contributed by atoms with E-state index >= 15 is 0 Å². The predicted octanol–water partition coefficient (Wildman–Crippen LogP) is 2.45. The molecule has 2 heterocycles. The highest BCUT2D eigenvalue weighted by molar-refractivity contribution is 5.43. The van der Waals surface area contributed by atoms with Crippen LogP contribution in [0, 0.1) is 0 Å². The van der Waals surface area contributed by atoms with Gasteiger partial charge in [0.05, 0.1) is 19.8 Å². The maximum Gasteiger partial charge on any atom is 0.402 e. The average molecular weight is 244 g/mol. The molecule has 2 nitrogen and oxygen atoms in total. The number of alkyl halides is 3. The number of hydrogen-bond acceptors (Lipinski definition) is 2. The van der Waals surface area contributed by atoms with E-state index in [2.05, 4.69) is 0 Å². The van der Waals surface area contributed by atoms with Gasteiger partial charge in [-0.3, -0.25) is 0 Å². The van der Waals surface area contributed by atoms with Crippen LogP contribution in [0.3, 0.4) is 0 Å². The van der Waals surface area contributed by atoms with Crippen molar-refractivity contribution >= 4 is 0 Å². The first-order valence-corrected chi connectivity index (χ1v) is 5.44. The fraction of sp³-hybridized carbons (Fsp3) is 0.500. The Morgan fingerprint density at radius 1 is 1.18 bits per heavy atom. The van der Waals surface area contributed by atoms with Crippen molar-refractivity contribution in [3.05, 3.63) is 29.3 Å². The summed E-state index contributed by atoms with van der Waals surface area (Å²) in [6, 6.07) is 4.74. The predicted molar refractivity (Wildman–Crippen MR) is 54.2 cm³/mol. The van der Waals surface area contributed by atoms with Gasteiger partial charge in [-0.1, -0.05) is 12.1 Å². The van der Waals surface area contributed by atoms with Gasteiger partial charge in [0.15, 0.2) is 0 Å². The van der Waals surface area contributed by atoms with Crippen LogP contribution in [-0.4, -0.2) is 26.0 Å². The van der Waals surface area contributed by atoms with Crippen molar-refractivity contribution in [1.29, 1.82) is 0 Å². The molecule has 0 radical (unpaired) electrons. The van der Waals surface area contributed by atoms with Gasteiger partial charge in [-0.05, 0) is 17.2 Å². The Kier molecular flexibility index (Phi) is 2.17. The zero-order valence-corrected chi connectivity index (χ0v) is 9.01. The topological polar surface area (TPSA) is 18.5 Å². The summed E-state index contributed by atoms with van der Waals surface area (Å²) in [6.45, 7) is -0.0133. The zero-order valence-electron chi connectivity index (χ0n) is 9.01. The molecular formula is C12H11F3O2. The van der Waals surface area contributed by atoms with Gasteiger partial charge in [0.2, 0.25) is 0 Å². The smallest absolute Gasteiger partial charge is 0.402 e. The van der Waals surface area contributed by atoms with Gasteiger partial charge < -0.3 is 9.47 Å². The zero-order chi connectivity index (χ0) is 12.1. The minimum absolute atomic E-state index is 0.282.